The quantitative estimate of drug-likeness (QED) is 0.794. The first-order chi connectivity index (χ1) is 11.1. The third-order valence-electron chi connectivity index (χ3n) is 3.58. The minimum atomic E-state index is -0.144. The van der Waals surface area contributed by atoms with Crippen LogP contribution in [-0.2, 0) is 6.54 Å². The summed E-state index contributed by atoms with van der Waals surface area (Å²) in [6.07, 6.45) is 3.35. The van der Waals surface area contributed by atoms with E-state index in [1.165, 1.54) is 0 Å². The molecule has 0 aliphatic heterocycles. The van der Waals surface area contributed by atoms with Gasteiger partial charge >= 0.3 is 0 Å². The molecule has 2 heterocycles. The number of nitrogens with one attached hydrogen (secondary N) is 1. The van der Waals surface area contributed by atoms with Crippen molar-refractivity contribution in [3.05, 3.63) is 63.7 Å². The van der Waals surface area contributed by atoms with Gasteiger partial charge in [0.05, 0.1) is 17.2 Å². The second kappa shape index (κ2) is 6.38. The van der Waals surface area contributed by atoms with Crippen molar-refractivity contribution in [1.82, 2.24) is 14.5 Å². The Morgan fingerprint density at radius 3 is 2.65 bits per heavy atom. The maximum absolute atomic E-state index is 12.7. The normalized spacial score (nSPS) is 11.1. The van der Waals surface area contributed by atoms with Gasteiger partial charge in [0.1, 0.15) is 0 Å². The van der Waals surface area contributed by atoms with Gasteiger partial charge < -0.3 is 5.32 Å². The van der Waals surface area contributed by atoms with Crippen LogP contribution in [0.25, 0.3) is 11.0 Å². The smallest absolute Gasteiger partial charge is 0.294 e. The summed E-state index contributed by atoms with van der Waals surface area (Å²) in [4.78, 5) is 21.2. The lowest BCUT2D eigenvalue weighted by Gasteiger charge is -2.15. The largest absolute Gasteiger partial charge is 0.361 e. The molecule has 0 radical (unpaired) electrons. The van der Waals surface area contributed by atoms with Crippen LogP contribution in [0.2, 0.25) is 5.02 Å². The summed E-state index contributed by atoms with van der Waals surface area (Å²) >= 11 is 5.88. The molecule has 0 aliphatic rings. The fraction of sp³-hybridized carbons (Fsp3) is 0.235. The Hall–Kier alpha value is -2.40. The Bertz CT molecular complexity index is 887. The molecular weight excluding hydrogens is 312 g/mol. The van der Waals surface area contributed by atoms with E-state index in [1.54, 1.807) is 23.0 Å². The first-order valence-corrected chi connectivity index (χ1v) is 7.78. The van der Waals surface area contributed by atoms with E-state index in [1.807, 2.05) is 38.1 Å². The molecule has 0 unspecified atom stereocenters. The zero-order chi connectivity index (χ0) is 16.4. The fourth-order valence-corrected chi connectivity index (χ4v) is 2.59. The molecule has 5 nitrogen and oxygen atoms in total. The topological polar surface area (TPSA) is 59.8 Å². The van der Waals surface area contributed by atoms with E-state index in [9.17, 15) is 4.79 Å². The van der Waals surface area contributed by atoms with Gasteiger partial charge in [0, 0.05) is 23.8 Å². The van der Waals surface area contributed by atoms with Crippen LogP contribution in [0.15, 0.2) is 47.5 Å². The lowest BCUT2D eigenvalue weighted by molar-refractivity contribution is 0.598. The standard InChI is InChI=1S/C17H17ClN4O/c1-11(2)22-15-10-19-8-7-14(15)21-16(17(22)23)20-9-12-3-5-13(18)6-4-12/h3-8,10-11H,9H2,1-2H3,(H,20,21). The molecule has 0 spiro atoms. The average Bonchev–Trinajstić information content (AvgIpc) is 2.54. The predicted octanol–water partition coefficient (Wildman–Crippen LogP) is 3.64. The summed E-state index contributed by atoms with van der Waals surface area (Å²) in [5.41, 5.74) is 2.37. The molecule has 0 saturated carbocycles. The third kappa shape index (κ3) is 3.19. The molecule has 0 fully saturated rings. The van der Waals surface area contributed by atoms with Crippen molar-refractivity contribution in [3.63, 3.8) is 0 Å². The minimum absolute atomic E-state index is 0.0216. The number of nitrogens with zero attached hydrogens (tertiary/aromatic N) is 3. The highest BCUT2D eigenvalue weighted by Gasteiger charge is 2.13. The van der Waals surface area contributed by atoms with Crippen LogP contribution in [-0.4, -0.2) is 14.5 Å². The number of hydrogen-bond acceptors (Lipinski definition) is 4. The highest BCUT2D eigenvalue weighted by Crippen LogP contribution is 2.16. The van der Waals surface area contributed by atoms with Gasteiger partial charge in [-0.1, -0.05) is 23.7 Å². The second-order valence-electron chi connectivity index (χ2n) is 5.57. The lowest BCUT2D eigenvalue weighted by atomic mass is 10.2. The monoisotopic (exact) mass is 328 g/mol. The third-order valence-corrected chi connectivity index (χ3v) is 3.83. The molecule has 1 aromatic carbocycles. The van der Waals surface area contributed by atoms with Crippen LogP contribution in [0, 0.1) is 0 Å². The molecule has 2 aromatic heterocycles. The maximum atomic E-state index is 12.7. The number of aromatic nitrogens is 3. The molecule has 3 rings (SSSR count). The summed E-state index contributed by atoms with van der Waals surface area (Å²) in [5, 5.41) is 3.82. The van der Waals surface area contributed by atoms with Crippen molar-refractivity contribution in [2.75, 3.05) is 5.32 Å². The number of anilines is 1. The van der Waals surface area contributed by atoms with Crippen LogP contribution in [0.5, 0.6) is 0 Å². The molecular formula is C17H17ClN4O. The van der Waals surface area contributed by atoms with Gasteiger partial charge in [-0.25, -0.2) is 4.98 Å². The van der Waals surface area contributed by atoms with Gasteiger partial charge in [-0.2, -0.15) is 0 Å². The van der Waals surface area contributed by atoms with Crippen molar-refractivity contribution in [2.24, 2.45) is 0 Å². The fourth-order valence-electron chi connectivity index (χ4n) is 2.47. The number of pyridine rings is 1. The first-order valence-electron chi connectivity index (χ1n) is 7.41. The van der Waals surface area contributed by atoms with E-state index in [4.69, 9.17) is 11.6 Å². The molecule has 118 valence electrons. The predicted molar refractivity (Wildman–Crippen MR) is 93.0 cm³/mol. The summed E-state index contributed by atoms with van der Waals surface area (Å²) in [7, 11) is 0. The Morgan fingerprint density at radius 1 is 1.22 bits per heavy atom. The van der Waals surface area contributed by atoms with E-state index in [0.717, 1.165) is 16.6 Å². The number of rotatable bonds is 4. The minimum Gasteiger partial charge on any atom is -0.361 e. The Kier molecular flexibility index (Phi) is 4.30. The molecule has 6 heteroatoms. The average molecular weight is 329 g/mol. The zero-order valence-electron chi connectivity index (χ0n) is 13.0. The summed E-state index contributed by atoms with van der Waals surface area (Å²) in [6, 6.07) is 9.31. The molecule has 23 heavy (non-hydrogen) atoms. The lowest BCUT2D eigenvalue weighted by Crippen LogP contribution is -2.26. The van der Waals surface area contributed by atoms with Crippen molar-refractivity contribution < 1.29 is 0 Å². The summed E-state index contributed by atoms with van der Waals surface area (Å²) < 4.78 is 1.71. The van der Waals surface area contributed by atoms with Gasteiger partial charge in [0.25, 0.3) is 5.56 Å². The molecule has 3 aromatic rings. The first kappa shape index (κ1) is 15.5. The van der Waals surface area contributed by atoms with E-state index >= 15 is 0 Å². The van der Waals surface area contributed by atoms with Crippen molar-refractivity contribution in [3.8, 4) is 0 Å². The molecule has 1 N–H and O–H groups in total. The Labute approximate surface area is 139 Å². The van der Waals surface area contributed by atoms with E-state index in [0.29, 0.717) is 17.4 Å². The summed E-state index contributed by atoms with van der Waals surface area (Å²) in [5.74, 6) is 0.340. The Balaban J connectivity index is 1.99. The van der Waals surface area contributed by atoms with Crippen LogP contribution in [0.3, 0.4) is 0 Å². The van der Waals surface area contributed by atoms with Crippen molar-refractivity contribution in [1.29, 1.82) is 0 Å². The van der Waals surface area contributed by atoms with Crippen molar-refractivity contribution in [2.45, 2.75) is 26.4 Å². The highest BCUT2D eigenvalue weighted by molar-refractivity contribution is 6.30. The van der Waals surface area contributed by atoms with Gasteiger partial charge in [0.15, 0.2) is 5.82 Å². The maximum Gasteiger partial charge on any atom is 0.294 e. The highest BCUT2D eigenvalue weighted by atomic mass is 35.5. The second-order valence-corrected chi connectivity index (χ2v) is 6.01. The number of hydrogen-bond donors (Lipinski definition) is 1. The number of benzene rings is 1. The van der Waals surface area contributed by atoms with Gasteiger partial charge in [-0.15, -0.1) is 0 Å². The van der Waals surface area contributed by atoms with Gasteiger partial charge in [-0.3, -0.25) is 14.3 Å². The van der Waals surface area contributed by atoms with Crippen molar-refractivity contribution >= 4 is 28.5 Å². The van der Waals surface area contributed by atoms with Crippen LogP contribution >= 0.6 is 11.6 Å². The van der Waals surface area contributed by atoms with E-state index < -0.39 is 0 Å². The SMILES string of the molecule is CC(C)n1c(=O)c(NCc2ccc(Cl)cc2)nc2ccncc21. The van der Waals surface area contributed by atoms with E-state index in [2.05, 4.69) is 15.3 Å². The summed E-state index contributed by atoms with van der Waals surface area (Å²) in [6.45, 7) is 4.45. The number of halogens is 1. The van der Waals surface area contributed by atoms with Gasteiger partial charge in [0.2, 0.25) is 0 Å². The Morgan fingerprint density at radius 2 is 1.96 bits per heavy atom. The molecule has 0 bridgehead atoms. The van der Waals surface area contributed by atoms with Gasteiger partial charge in [-0.05, 0) is 37.6 Å². The van der Waals surface area contributed by atoms with Crippen LogP contribution in [0.1, 0.15) is 25.5 Å². The number of fused-ring (bicyclic) bond motifs is 1. The molecule has 0 saturated heterocycles. The molecule has 0 atom stereocenters. The van der Waals surface area contributed by atoms with Crippen LogP contribution in [0.4, 0.5) is 5.82 Å². The molecule has 0 aliphatic carbocycles. The molecule has 0 amide bonds. The van der Waals surface area contributed by atoms with Crippen LogP contribution < -0.4 is 10.9 Å². The zero-order valence-corrected chi connectivity index (χ0v) is 13.7. The van der Waals surface area contributed by atoms with E-state index in [-0.39, 0.29) is 11.6 Å².